The second-order valence-electron chi connectivity index (χ2n) is 6.01. The lowest BCUT2D eigenvalue weighted by atomic mass is 10.1. The molecular formula is C18H24S2. The number of thiol groups is 1. The molecule has 0 aromatic heterocycles. The maximum absolute atomic E-state index is 6.45. The summed E-state index contributed by atoms with van der Waals surface area (Å²) in [6, 6.07) is 0. The van der Waals surface area contributed by atoms with Gasteiger partial charge in [-0.1, -0.05) is 41.6 Å². The van der Waals surface area contributed by atoms with Crippen LogP contribution in [0.15, 0.2) is 35.3 Å². The SMILES string of the molecule is S=[SH](C1=CC=CCC1)(C1CC#CCC1)[C@H]1C=CCCC1. The van der Waals surface area contributed by atoms with Crippen molar-refractivity contribution in [1.82, 2.24) is 0 Å². The van der Waals surface area contributed by atoms with Crippen molar-refractivity contribution in [1.29, 1.82) is 0 Å². The highest BCUT2D eigenvalue weighted by molar-refractivity contribution is 8.43. The van der Waals surface area contributed by atoms with Gasteiger partial charge in [-0.05, 0) is 43.4 Å². The fourth-order valence-corrected chi connectivity index (χ4v) is 9.24. The molecule has 0 amide bonds. The molecule has 0 aromatic carbocycles. The van der Waals surface area contributed by atoms with E-state index < -0.39 is 8.59 Å². The Morgan fingerprint density at radius 2 is 2.10 bits per heavy atom. The smallest absolute Gasteiger partial charge is 0.0198 e. The molecule has 108 valence electrons. The predicted octanol–water partition coefficient (Wildman–Crippen LogP) is 4.23. The van der Waals surface area contributed by atoms with Gasteiger partial charge in [0.15, 0.2) is 0 Å². The zero-order valence-corrected chi connectivity index (χ0v) is 13.8. The standard InChI is InChI=1S/C18H24S2/c19-20(16-10-4-1-5-11-16,17-12-6-2-7-13-17)18-14-8-3-9-15-18/h1,4,6,10,12,17-18,20H,2,5,7-8,11,13-15H2/t17-,18?/m0/s1. The summed E-state index contributed by atoms with van der Waals surface area (Å²) in [6.45, 7) is 0. The minimum Gasteiger partial charge on any atom is -0.176 e. The first-order chi connectivity index (χ1) is 9.82. The molecule has 3 rings (SSSR count). The number of allylic oxidation sites excluding steroid dienone is 5. The van der Waals surface area contributed by atoms with Gasteiger partial charge in [-0.3, -0.25) is 0 Å². The van der Waals surface area contributed by atoms with Gasteiger partial charge in [0.2, 0.25) is 0 Å². The van der Waals surface area contributed by atoms with Crippen LogP contribution in [-0.2, 0) is 19.8 Å². The van der Waals surface area contributed by atoms with E-state index >= 15 is 0 Å². The number of rotatable bonds is 3. The lowest BCUT2D eigenvalue weighted by molar-refractivity contribution is 0.716. The van der Waals surface area contributed by atoms with Gasteiger partial charge in [0, 0.05) is 23.3 Å². The summed E-state index contributed by atoms with van der Waals surface area (Å²) >= 11 is 6.45. The zero-order chi connectivity index (χ0) is 13.8. The molecule has 3 aliphatic carbocycles. The van der Waals surface area contributed by atoms with Crippen molar-refractivity contribution in [3.05, 3.63) is 35.3 Å². The third-order valence-corrected chi connectivity index (χ3v) is 11.4. The van der Waals surface area contributed by atoms with Crippen LogP contribution in [0.4, 0.5) is 0 Å². The van der Waals surface area contributed by atoms with Gasteiger partial charge in [-0.25, -0.2) is 0 Å². The maximum Gasteiger partial charge on any atom is 0.0198 e. The highest BCUT2D eigenvalue weighted by Crippen LogP contribution is 2.40. The Morgan fingerprint density at radius 3 is 2.75 bits per heavy atom. The maximum atomic E-state index is 6.45. The summed E-state index contributed by atoms with van der Waals surface area (Å²) in [5, 5.41) is 1.32. The minimum absolute atomic E-state index is 0.647. The highest BCUT2D eigenvalue weighted by Gasteiger charge is 2.34. The molecule has 0 bridgehead atoms. The molecule has 0 heterocycles. The van der Waals surface area contributed by atoms with Gasteiger partial charge in [-0.2, -0.15) is 8.59 Å². The van der Waals surface area contributed by atoms with Crippen molar-refractivity contribution in [2.24, 2.45) is 0 Å². The summed E-state index contributed by atoms with van der Waals surface area (Å²) in [5.74, 6) is 6.62. The van der Waals surface area contributed by atoms with E-state index in [2.05, 4.69) is 42.2 Å². The Labute approximate surface area is 129 Å². The molecule has 1 unspecified atom stereocenters. The zero-order valence-electron chi connectivity index (χ0n) is 12.1. The van der Waals surface area contributed by atoms with Crippen molar-refractivity contribution in [3.8, 4) is 11.8 Å². The molecule has 2 atom stereocenters. The van der Waals surface area contributed by atoms with Gasteiger partial charge in [0.05, 0.1) is 0 Å². The fourth-order valence-electron chi connectivity index (χ4n) is 3.66. The van der Waals surface area contributed by atoms with E-state index in [1.165, 1.54) is 38.5 Å². The first-order valence-electron chi connectivity index (χ1n) is 7.90. The molecule has 20 heavy (non-hydrogen) atoms. The van der Waals surface area contributed by atoms with E-state index in [4.69, 9.17) is 11.2 Å². The molecule has 0 aromatic rings. The Bertz CT molecular complexity index is 554. The van der Waals surface area contributed by atoms with Crippen molar-refractivity contribution in [2.75, 3.05) is 0 Å². The van der Waals surface area contributed by atoms with E-state index in [-0.39, 0.29) is 0 Å². The first kappa shape index (κ1) is 14.3. The van der Waals surface area contributed by atoms with E-state index in [9.17, 15) is 0 Å². The molecule has 0 fully saturated rings. The number of hydrogen-bond donors (Lipinski definition) is 1. The third-order valence-electron chi connectivity index (χ3n) is 4.77. The second-order valence-corrected chi connectivity index (χ2v) is 11.2. The summed E-state index contributed by atoms with van der Waals surface area (Å²) in [4.78, 5) is 1.61. The first-order valence-corrected chi connectivity index (χ1v) is 10.8. The van der Waals surface area contributed by atoms with Gasteiger partial charge in [0.1, 0.15) is 0 Å². The largest absolute Gasteiger partial charge is 0.176 e. The summed E-state index contributed by atoms with van der Waals surface area (Å²) in [7, 11) is -1.49. The Balaban J connectivity index is 1.97. The van der Waals surface area contributed by atoms with Crippen LogP contribution in [0.1, 0.15) is 51.4 Å². The summed E-state index contributed by atoms with van der Waals surface area (Å²) in [5.41, 5.74) is 0. The van der Waals surface area contributed by atoms with Gasteiger partial charge >= 0.3 is 0 Å². The predicted molar refractivity (Wildman–Crippen MR) is 94.8 cm³/mol. The van der Waals surface area contributed by atoms with Crippen LogP contribution in [0.2, 0.25) is 0 Å². The minimum atomic E-state index is -1.49. The molecule has 0 radical (unpaired) electrons. The van der Waals surface area contributed by atoms with Crippen LogP contribution in [0.3, 0.4) is 0 Å². The lowest BCUT2D eigenvalue weighted by Crippen LogP contribution is -2.39. The van der Waals surface area contributed by atoms with Crippen LogP contribution in [0, 0.1) is 11.8 Å². The average Bonchev–Trinajstić information content (AvgIpc) is 2.56. The normalized spacial score (nSPS) is 30.3. The quantitative estimate of drug-likeness (QED) is 0.462. The summed E-state index contributed by atoms with van der Waals surface area (Å²) < 4.78 is 0. The fraction of sp³-hybridized carbons (Fsp3) is 0.556. The molecule has 2 heteroatoms. The Hall–Kier alpha value is -0.650. The molecular weight excluding hydrogens is 280 g/mol. The van der Waals surface area contributed by atoms with Crippen LogP contribution in [0.25, 0.3) is 0 Å². The summed E-state index contributed by atoms with van der Waals surface area (Å²) in [6.07, 6.45) is 21.3. The van der Waals surface area contributed by atoms with Crippen LogP contribution < -0.4 is 0 Å². The van der Waals surface area contributed by atoms with Crippen molar-refractivity contribution in [2.45, 2.75) is 61.9 Å². The van der Waals surface area contributed by atoms with E-state index in [0.29, 0.717) is 10.5 Å². The number of hydrogen-bond acceptors (Lipinski definition) is 1. The molecule has 0 saturated heterocycles. The monoisotopic (exact) mass is 304 g/mol. The molecule has 0 N–H and O–H groups in total. The molecule has 0 nitrogen and oxygen atoms in total. The van der Waals surface area contributed by atoms with Crippen LogP contribution in [-0.4, -0.2) is 10.5 Å². The Morgan fingerprint density at radius 1 is 1.15 bits per heavy atom. The average molecular weight is 305 g/mol. The molecule has 0 aliphatic heterocycles. The van der Waals surface area contributed by atoms with E-state index in [1.54, 1.807) is 4.91 Å². The Kier molecular flexibility index (Phi) is 4.58. The van der Waals surface area contributed by atoms with Crippen LogP contribution in [0.5, 0.6) is 0 Å². The van der Waals surface area contributed by atoms with Gasteiger partial charge in [0.25, 0.3) is 0 Å². The van der Waals surface area contributed by atoms with Gasteiger partial charge in [-0.15, -0.1) is 11.8 Å². The van der Waals surface area contributed by atoms with Crippen molar-refractivity contribution >= 4 is 19.8 Å². The highest BCUT2D eigenvalue weighted by atomic mass is 32.9. The van der Waals surface area contributed by atoms with E-state index in [0.717, 1.165) is 12.8 Å². The van der Waals surface area contributed by atoms with Crippen LogP contribution >= 0.6 is 0 Å². The molecule has 0 saturated carbocycles. The topological polar surface area (TPSA) is 0 Å². The third kappa shape index (κ3) is 2.71. The molecule has 3 aliphatic rings. The molecule has 0 spiro atoms. The second kappa shape index (κ2) is 6.41. The van der Waals surface area contributed by atoms with Crippen molar-refractivity contribution in [3.63, 3.8) is 0 Å². The van der Waals surface area contributed by atoms with E-state index in [1.807, 2.05) is 0 Å². The van der Waals surface area contributed by atoms with Crippen molar-refractivity contribution < 1.29 is 0 Å². The lowest BCUT2D eigenvalue weighted by Gasteiger charge is -2.44. The van der Waals surface area contributed by atoms with Gasteiger partial charge < -0.3 is 0 Å².